The summed E-state index contributed by atoms with van der Waals surface area (Å²) in [7, 11) is 0. The van der Waals surface area contributed by atoms with Crippen LogP contribution < -0.4 is 15.4 Å². The van der Waals surface area contributed by atoms with Gasteiger partial charge < -0.3 is 10.1 Å². The molecule has 21 heavy (non-hydrogen) atoms. The van der Waals surface area contributed by atoms with E-state index in [1.165, 1.54) is 5.39 Å². The number of thioether (sulfide) groups is 1. The van der Waals surface area contributed by atoms with Crippen LogP contribution in [0.4, 0.5) is 0 Å². The third-order valence-corrected chi connectivity index (χ3v) is 4.36. The quantitative estimate of drug-likeness (QED) is 0.830. The van der Waals surface area contributed by atoms with Crippen LogP contribution in [-0.4, -0.2) is 36.7 Å². The van der Waals surface area contributed by atoms with E-state index in [4.69, 9.17) is 4.74 Å². The lowest BCUT2D eigenvalue weighted by atomic mass is 10.1. The Hall–Kier alpha value is -1.72. The standard InChI is InChI=1S/C16H18N2O2S/c19-16(15-10-21-11-18-15)17-7-8-20-14-6-5-12-3-1-2-4-13(12)9-14/h1-6,9,15,18H,7-8,10-11H2,(H,17,19). The molecule has 1 heterocycles. The molecule has 0 saturated carbocycles. The van der Waals surface area contributed by atoms with Crippen molar-refractivity contribution in [3.05, 3.63) is 42.5 Å². The van der Waals surface area contributed by atoms with Crippen molar-refractivity contribution >= 4 is 28.4 Å². The molecule has 1 aliphatic rings. The molecule has 4 nitrogen and oxygen atoms in total. The first kappa shape index (κ1) is 14.2. The molecular weight excluding hydrogens is 284 g/mol. The van der Waals surface area contributed by atoms with E-state index in [9.17, 15) is 4.79 Å². The van der Waals surface area contributed by atoms with E-state index in [-0.39, 0.29) is 11.9 Å². The SMILES string of the molecule is O=C(NCCOc1ccc2ccccc2c1)C1CSCN1. The maximum atomic E-state index is 11.8. The minimum atomic E-state index is -0.0596. The second kappa shape index (κ2) is 6.83. The van der Waals surface area contributed by atoms with Gasteiger partial charge in [-0.25, -0.2) is 0 Å². The zero-order valence-electron chi connectivity index (χ0n) is 11.7. The van der Waals surface area contributed by atoms with Crippen molar-refractivity contribution in [1.29, 1.82) is 0 Å². The molecule has 1 unspecified atom stereocenters. The highest BCUT2D eigenvalue weighted by molar-refractivity contribution is 7.99. The maximum absolute atomic E-state index is 11.8. The predicted octanol–water partition coefficient (Wildman–Crippen LogP) is 2.00. The molecule has 0 aromatic heterocycles. The molecule has 0 aliphatic carbocycles. The highest BCUT2D eigenvalue weighted by Gasteiger charge is 2.21. The number of rotatable bonds is 5. The van der Waals surface area contributed by atoms with Crippen molar-refractivity contribution in [2.24, 2.45) is 0 Å². The van der Waals surface area contributed by atoms with Crippen molar-refractivity contribution in [2.45, 2.75) is 6.04 Å². The van der Waals surface area contributed by atoms with Gasteiger partial charge in [0.05, 0.1) is 12.6 Å². The number of ether oxygens (including phenoxy) is 1. The molecular formula is C16H18N2O2S. The molecule has 110 valence electrons. The molecule has 1 fully saturated rings. The zero-order chi connectivity index (χ0) is 14.5. The highest BCUT2D eigenvalue weighted by atomic mass is 32.2. The summed E-state index contributed by atoms with van der Waals surface area (Å²) in [4.78, 5) is 11.8. The molecule has 5 heteroatoms. The molecule has 2 aromatic carbocycles. The summed E-state index contributed by atoms with van der Waals surface area (Å²) < 4.78 is 5.69. The smallest absolute Gasteiger partial charge is 0.238 e. The first-order chi connectivity index (χ1) is 10.3. The van der Waals surface area contributed by atoms with Gasteiger partial charge in [0, 0.05) is 11.6 Å². The Morgan fingerprint density at radius 3 is 2.95 bits per heavy atom. The van der Waals surface area contributed by atoms with Crippen molar-refractivity contribution in [3.63, 3.8) is 0 Å². The van der Waals surface area contributed by atoms with Crippen LogP contribution >= 0.6 is 11.8 Å². The van der Waals surface area contributed by atoms with Crippen molar-refractivity contribution in [3.8, 4) is 5.75 Å². The van der Waals surface area contributed by atoms with Crippen LogP contribution in [0.3, 0.4) is 0 Å². The highest BCUT2D eigenvalue weighted by Crippen LogP contribution is 2.20. The Morgan fingerprint density at radius 1 is 1.29 bits per heavy atom. The summed E-state index contributed by atoms with van der Waals surface area (Å²) in [6.07, 6.45) is 0. The number of hydrogen-bond acceptors (Lipinski definition) is 4. The summed E-state index contributed by atoms with van der Waals surface area (Å²) in [6, 6.07) is 14.1. The van der Waals surface area contributed by atoms with Crippen LogP contribution in [0.2, 0.25) is 0 Å². The van der Waals surface area contributed by atoms with E-state index in [0.717, 1.165) is 22.8 Å². The number of carbonyl (C=O) groups excluding carboxylic acids is 1. The van der Waals surface area contributed by atoms with Crippen LogP contribution in [0.5, 0.6) is 5.75 Å². The zero-order valence-corrected chi connectivity index (χ0v) is 12.5. The molecule has 1 aliphatic heterocycles. The third-order valence-electron chi connectivity index (χ3n) is 3.42. The molecule has 2 N–H and O–H groups in total. The van der Waals surface area contributed by atoms with E-state index < -0.39 is 0 Å². The van der Waals surface area contributed by atoms with E-state index in [0.29, 0.717) is 13.2 Å². The van der Waals surface area contributed by atoms with Gasteiger partial charge in [0.1, 0.15) is 12.4 Å². The summed E-state index contributed by atoms with van der Waals surface area (Å²) >= 11 is 1.74. The van der Waals surface area contributed by atoms with Gasteiger partial charge in [0.15, 0.2) is 0 Å². The van der Waals surface area contributed by atoms with E-state index >= 15 is 0 Å². The van der Waals surface area contributed by atoms with E-state index in [2.05, 4.69) is 22.8 Å². The first-order valence-corrected chi connectivity index (χ1v) is 8.19. The first-order valence-electron chi connectivity index (χ1n) is 7.03. The largest absolute Gasteiger partial charge is 0.492 e. The Labute approximate surface area is 128 Å². The van der Waals surface area contributed by atoms with Crippen molar-refractivity contribution in [1.82, 2.24) is 10.6 Å². The van der Waals surface area contributed by atoms with Gasteiger partial charge in [0.2, 0.25) is 5.91 Å². The second-order valence-electron chi connectivity index (χ2n) is 4.92. The van der Waals surface area contributed by atoms with E-state index in [1.807, 2.05) is 30.3 Å². The Balaban J connectivity index is 1.46. The van der Waals surface area contributed by atoms with Crippen LogP contribution in [0, 0.1) is 0 Å². The van der Waals surface area contributed by atoms with Crippen molar-refractivity contribution < 1.29 is 9.53 Å². The maximum Gasteiger partial charge on any atom is 0.238 e. The fourth-order valence-electron chi connectivity index (χ4n) is 2.29. The second-order valence-corrected chi connectivity index (χ2v) is 5.95. The lowest BCUT2D eigenvalue weighted by Gasteiger charge is -2.11. The van der Waals surface area contributed by atoms with Gasteiger partial charge in [-0.15, -0.1) is 11.8 Å². The molecule has 0 radical (unpaired) electrons. The number of carbonyl (C=O) groups is 1. The van der Waals surface area contributed by atoms with Crippen LogP contribution in [0.25, 0.3) is 10.8 Å². The molecule has 1 amide bonds. The number of hydrogen-bond donors (Lipinski definition) is 2. The molecule has 2 aromatic rings. The van der Waals surface area contributed by atoms with Gasteiger partial charge in [-0.1, -0.05) is 30.3 Å². The third kappa shape index (κ3) is 3.68. The molecule has 0 bridgehead atoms. The van der Waals surface area contributed by atoms with Gasteiger partial charge in [0.25, 0.3) is 0 Å². The molecule has 1 saturated heterocycles. The lowest BCUT2D eigenvalue weighted by molar-refractivity contribution is -0.122. The molecule has 3 rings (SSSR count). The lowest BCUT2D eigenvalue weighted by Crippen LogP contribution is -2.43. The van der Waals surface area contributed by atoms with Crippen LogP contribution in [0.15, 0.2) is 42.5 Å². The summed E-state index contributed by atoms with van der Waals surface area (Å²) in [5.41, 5.74) is 0. The number of benzene rings is 2. The monoisotopic (exact) mass is 302 g/mol. The van der Waals surface area contributed by atoms with Crippen LogP contribution in [0.1, 0.15) is 0 Å². The van der Waals surface area contributed by atoms with Gasteiger partial charge in [-0.2, -0.15) is 0 Å². The molecule has 1 atom stereocenters. The van der Waals surface area contributed by atoms with Gasteiger partial charge >= 0.3 is 0 Å². The average molecular weight is 302 g/mol. The minimum Gasteiger partial charge on any atom is -0.492 e. The average Bonchev–Trinajstić information content (AvgIpc) is 3.06. The fraction of sp³-hybridized carbons (Fsp3) is 0.312. The minimum absolute atomic E-state index is 0.0575. The summed E-state index contributed by atoms with van der Waals surface area (Å²) in [6.45, 7) is 0.998. The number of nitrogens with one attached hydrogen (secondary N) is 2. The Bertz CT molecular complexity index is 626. The predicted molar refractivity (Wildman–Crippen MR) is 86.7 cm³/mol. The van der Waals surface area contributed by atoms with Crippen molar-refractivity contribution in [2.75, 3.05) is 24.8 Å². The normalized spacial score (nSPS) is 17.8. The van der Waals surface area contributed by atoms with E-state index in [1.54, 1.807) is 11.8 Å². The van der Waals surface area contributed by atoms with Gasteiger partial charge in [-0.3, -0.25) is 10.1 Å². The van der Waals surface area contributed by atoms with Crippen LogP contribution in [-0.2, 0) is 4.79 Å². The number of fused-ring (bicyclic) bond motifs is 1. The molecule has 0 spiro atoms. The fourth-order valence-corrected chi connectivity index (χ4v) is 3.23. The topological polar surface area (TPSA) is 50.4 Å². The van der Waals surface area contributed by atoms with Gasteiger partial charge in [-0.05, 0) is 22.9 Å². The summed E-state index contributed by atoms with van der Waals surface area (Å²) in [5.74, 6) is 2.59. The number of amides is 1. The summed E-state index contributed by atoms with van der Waals surface area (Å²) in [5, 5.41) is 8.39. The Morgan fingerprint density at radius 2 is 2.14 bits per heavy atom. The Kier molecular flexibility index (Phi) is 4.62.